The Morgan fingerprint density at radius 3 is 2.58 bits per heavy atom. The van der Waals surface area contributed by atoms with Crippen molar-refractivity contribution in [3.05, 3.63) is 11.1 Å². The van der Waals surface area contributed by atoms with E-state index in [0.29, 0.717) is 5.41 Å². The summed E-state index contributed by atoms with van der Waals surface area (Å²) in [6.07, 6.45) is 12.1. The average Bonchev–Trinajstić information content (AvgIpc) is 2.90. The van der Waals surface area contributed by atoms with Crippen molar-refractivity contribution in [3.8, 4) is 0 Å². The third-order valence-corrected chi connectivity index (χ3v) is 5.80. The van der Waals surface area contributed by atoms with Gasteiger partial charge in [-0.05, 0) is 44.2 Å². The lowest BCUT2D eigenvalue weighted by Gasteiger charge is -2.44. The van der Waals surface area contributed by atoms with E-state index in [0.717, 1.165) is 11.7 Å². The van der Waals surface area contributed by atoms with Gasteiger partial charge in [-0.15, -0.1) is 0 Å². The lowest BCUT2D eigenvalue weighted by Crippen LogP contribution is -2.40. The van der Waals surface area contributed by atoms with Crippen LogP contribution in [0, 0.1) is 5.41 Å². The molecule has 1 aliphatic heterocycles. The van der Waals surface area contributed by atoms with Crippen LogP contribution in [-0.2, 0) is 6.54 Å². The molecule has 0 amide bonds. The van der Waals surface area contributed by atoms with Crippen LogP contribution in [0.3, 0.4) is 0 Å². The van der Waals surface area contributed by atoms with E-state index in [-0.39, 0.29) is 0 Å². The van der Waals surface area contributed by atoms with Crippen molar-refractivity contribution >= 4 is 16.5 Å². The van der Waals surface area contributed by atoms with E-state index in [9.17, 15) is 0 Å². The minimum Gasteiger partial charge on any atom is -0.300 e. The first-order valence-electron chi connectivity index (χ1n) is 7.43. The van der Waals surface area contributed by atoms with Gasteiger partial charge in [-0.2, -0.15) is 0 Å². The molecule has 3 N–H and O–H groups in total. The quantitative estimate of drug-likeness (QED) is 0.660. The summed E-state index contributed by atoms with van der Waals surface area (Å²) in [6, 6.07) is 0. The number of nitrogens with zero attached hydrogens (tertiary/aromatic N) is 2. The summed E-state index contributed by atoms with van der Waals surface area (Å²) in [6.45, 7) is 3.54. The van der Waals surface area contributed by atoms with E-state index in [2.05, 4.69) is 15.3 Å². The maximum Gasteiger partial charge on any atom is 0.197 e. The Hall–Kier alpha value is -0.650. The molecule has 3 rings (SSSR count). The molecule has 1 aromatic heterocycles. The Kier molecular flexibility index (Phi) is 4.05. The molecule has 1 saturated heterocycles. The molecular formula is C14H24N4S. The van der Waals surface area contributed by atoms with Gasteiger partial charge in [0.05, 0.1) is 0 Å². The second-order valence-electron chi connectivity index (χ2n) is 6.11. The number of hydrogen-bond acceptors (Lipinski definition) is 5. The van der Waals surface area contributed by atoms with Crippen LogP contribution in [0.25, 0.3) is 0 Å². The first-order valence-corrected chi connectivity index (χ1v) is 8.25. The SMILES string of the molecule is NNc1ncc(CN2CCC3(CCCCC3)CC2)s1. The Morgan fingerprint density at radius 2 is 1.95 bits per heavy atom. The third kappa shape index (κ3) is 3.09. The lowest BCUT2D eigenvalue weighted by atomic mass is 9.68. The molecule has 5 heteroatoms. The molecule has 0 unspecified atom stereocenters. The van der Waals surface area contributed by atoms with E-state index in [1.165, 1.54) is 62.9 Å². The van der Waals surface area contributed by atoms with Gasteiger partial charge < -0.3 is 0 Å². The van der Waals surface area contributed by atoms with Crippen LogP contribution in [0.1, 0.15) is 49.8 Å². The summed E-state index contributed by atoms with van der Waals surface area (Å²) in [5.74, 6) is 5.37. The van der Waals surface area contributed by atoms with Crippen molar-refractivity contribution < 1.29 is 0 Å². The highest BCUT2D eigenvalue weighted by Gasteiger charge is 2.35. The van der Waals surface area contributed by atoms with Crippen LogP contribution < -0.4 is 11.3 Å². The molecule has 2 fully saturated rings. The summed E-state index contributed by atoms with van der Waals surface area (Å²) in [5.41, 5.74) is 3.32. The summed E-state index contributed by atoms with van der Waals surface area (Å²) < 4.78 is 0. The van der Waals surface area contributed by atoms with Crippen molar-refractivity contribution in [1.82, 2.24) is 9.88 Å². The summed E-state index contributed by atoms with van der Waals surface area (Å²) >= 11 is 1.66. The number of hydrazine groups is 1. The van der Waals surface area contributed by atoms with Crippen LogP contribution in [0.5, 0.6) is 0 Å². The highest BCUT2D eigenvalue weighted by atomic mass is 32.1. The first-order chi connectivity index (χ1) is 9.30. The molecule has 1 aliphatic carbocycles. The Bertz CT molecular complexity index is 401. The number of nitrogen functional groups attached to an aromatic ring is 1. The van der Waals surface area contributed by atoms with Gasteiger partial charge in [0.25, 0.3) is 0 Å². The maximum absolute atomic E-state index is 5.37. The van der Waals surface area contributed by atoms with Crippen LogP contribution in [0.4, 0.5) is 5.13 Å². The fourth-order valence-corrected chi connectivity index (χ4v) is 4.42. The van der Waals surface area contributed by atoms with Crippen LogP contribution in [0.15, 0.2) is 6.20 Å². The normalized spacial score (nSPS) is 23.6. The van der Waals surface area contributed by atoms with Gasteiger partial charge in [-0.3, -0.25) is 10.3 Å². The van der Waals surface area contributed by atoms with E-state index < -0.39 is 0 Å². The van der Waals surface area contributed by atoms with E-state index in [1.54, 1.807) is 11.3 Å². The van der Waals surface area contributed by atoms with Gasteiger partial charge in [0, 0.05) is 17.6 Å². The molecule has 2 heterocycles. The molecule has 0 atom stereocenters. The second-order valence-corrected chi connectivity index (χ2v) is 7.23. The van der Waals surface area contributed by atoms with E-state index in [1.807, 2.05) is 6.20 Å². The van der Waals surface area contributed by atoms with Crippen LogP contribution in [-0.4, -0.2) is 23.0 Å². The molecule has 19 heavy (non-hydrogen) atoms. The van der Waals surface area contributed by atoms with Gasteiger partial charge in [-0.1, -0.05) is 30.6 Å². The molecule has 1 spiro atoms. The topological polar surface area (TPSA) is 54.2 Å². The first kappa shape index (κ1) is 13.3. The van der Waals surface area contributed by atoms with Crippen LogP contribution >= 0.6 is 11.3 Å². The number of piperidine rings is 1. The van der Waals surface area contributed by atoms with E-state index >= 15 is 0 Å². The fourth-order valence-electron chi connectivity index (χ4n) is 3.65. The van der Waals surface area contributed by atoms with Gasteiger partial charge in [0.15, 0.2) is 5.13 Å². The van der Waals surface area contributed by atoms with Gasteiger partial charge in [0.1, 0.15) is 0 Å². The smallest absolute Gasteiger partial charge is 0.197 e. The molecule has 1 saturated carbocycles. The van der Waals surface area contributed by atoms with E-state index in [4.69, 9.17) is 5.84 Å². The molecule has 106 valence electrons. The standard InChI is InChI=1S/C14H24N4S/c15-17-13-16-10-12(19-13)11-18-8-6-14(7-9-18)4-2-1-3-5-14/h10H,1-9,11,15H2,(H,16,17). The molecule has 4 nitrogen and oxygen atoms in total. The third-order valence-electron chi connectivity index (χ3n) is 4.89. The lowest BCUT2D eigenvalue weighted by molar-refractivity contribution is 0.0646. The van der Waals surface area contributed by atoms with Crippen molar-refractivity contribution in [2.75, 3.05) is 18.5 Å². The van der Waals surface area contributed by atoms with Gasteiger partial charge in [0.2, 0.25) is 0 Å². The summed E-state index contributed by atoms with van der Waals surface area (Å²) in [5, 5.41) is 0.816. The zero-order valence-electron chi connectivity index (χ0n) is 11.5. The monoisotopic (exact) mass is 280 g/mol. The highest BCUT2D eigenvalue weighted by Crippen LogP contribution is 2.44. The molecule has 0 aromatic carbocycles. The minimum atomic E-state index is 0.701. The molecule has 0 bridgehead atoms. The zero-order valence-corrected chi connectivity index (χ0v) is 12.3. The Morgan fingerprint density at radius 1 is 1.21 bits per heavy atom. The summed E-state index contributed by atoms with van der Waals surface area (Å²) in [4.78, 5) is 8.13. The fraction of sp³-hybridized carbons (Fsp3) is 0.786. The molecular weight excluding hydrogens is 256 g/mol. The number of hydrogen-bond donors (Lipinski definition) is 2. The Balaban J connectivity index is 1.52. The number of aromatic nitrogens is 1. The number of nitrogens with one attached hydrogen (secondary N) is 1. The predicted octanol–water partition coefficient (Wildman–Crippen LogP) is 2.98. The number of thiazole rings is 1. The number of anilines is 1. The van der Waals surface area contributed by atoms with Crippen molar-refractivity contribution in [2.45, 2.75) is 51.5 Å². The number of nitrogens with two attached hydrogens (primary N) is 1. The Labute approximate surface area is 119 Å². The van der Waals surface area contributed by atoms with Gasteiger partial charge in [-0.25, -0.2) is 10.8 Å². The molecule has 2 aliphatic rings. The zero-order chi connectivity index (χ0) is 13.1. The minimum absolute atomic E-state index is 0.701. The summed E-state index contributed by atoms with van der Waals surface area (Å²) in [7, 11) is 0. The van der Waals surface area contributed by atoms with Gasteiger partial charge >= 0.3 is 0 Å². The van der Waals surface area contributed by atoms with Crippen molar-refractivity contribution in [2.24, 2.45) is 11.3 Å². The predicted molar refractivity (Wildman–Crippen MR) is 80.0 cm³/mol. The van der Waals surface area contributed by atoms with Crippen molar-refractivity contribution in [3.63, 3.8) is 0 Å². The number of likely N-dealkylation sites (tertiary alicyclic amines) is 1. The van der Waals surface area contributed by atoms with Crippen molar-refractivity contribution in [1.29, 1.82) is 0 Å². The molecule has 0 radical (unpaired) electrons. The largest absolute Gasteiger partial charge is 0.300 e. The average molecular weight is 280 g/mol. The highest BCUT2D eigenvalue weighted by molar-refractivity contribution is 7.15. The second kappa shape index (κ2) is 5.77. The molecule has 1 aromatic rings. The number of rotatable bonds is 3. The maximum atomic E-state index is 5.37. The van der Waals surface area contributed by atoms with Crippen LogP contribution in [0.2, 0.25) is 0 Å².